The summed E-state index contributed by atoms with van der Waals surface area (Å²) in [7, 11) is 3.49. The molecule has 0 radical (unpaired) electrons. The Labute approximate surface area is 139 Å². The number of rotatable bonds is 5. The summed E-state index contributed by atoms with van der Waals surface area (Å²) >= 11 is 0. The monoisotopic (exact) mass is 342 g/mol. The van der Waals surface area contributed by atoms with Crippen LogP contribution in [0.25, 0.3) is 0 Å². The first-order chi connectivity index (χ1) is 11.4. The Morgan fingerprint density at radius 2 is 2.00 bits per heavy atom. The molecular formula is C14H23FN6O3. The number of carbonyl (C=O) groups is 2. The molecule has 1 saturated heterocycles. The van der Waals surface area contributed by atoms with Crippen LogP contribution in [0.4, 0.5) is 16.2 Å². The van der Waals surface area contributed by atoms with Gasteiger partial charge in [0.25, 0.3) is 6.47 Å². The number of primary amides is 1. The minimum Gasteiger partial charge on any atom is -0.483 e. The molecule has 1 aromatic rings. The van der Waals surface area contributed by atoms with Gasteiger partial charge in [-0.25, -0.2) is 9.37 Å². The molecule has 2 heterocycles. The molecule has 10 heteroatoms. The number of nitrogens with two attached hydrogens (primary N) is 1. The number of halogens is 1. The number of anilines is 2. The van der Waals surface area contributed by atoms with Crippen molar-refractivity contribution in [1.29, 1.82) is 0 Å². The average Bonchev–Trinajstić information content (AvgIpc) is 2.54. The van der Waals surface area contributed by atoms with Crippen molar-refractivity contribution >= 4 is 24.1 Å². The number of piperazine rings is 1. The fraction of sp³-hybridized carbons (Fsp3) is 0.571. The van der Waals surface area contributed by atoms with Crippen molar-refractivity contribution in [2.75, 3.05) is 56.6 Å². The van der Waals surface area contributed by atoms with Crippen molar-refractivity contribution in [1.82, 2.24) is 14.9 Å². The second-order valence-corrected chi connectivity index (χ2v) is 5.39. The van der Waals surface area contributed by atoms with E-state index in [1.165, 1.54) is 6.20 Å². The quantitative estimate of drug-likeness (QED) is 0.680. The van der Waals surface area contributed by atoms with Gasteiger partial charge >= 0.3 is 0 Å². The fourth-order valence-corrected chi connectivity index (χ4v) is 2.25. The van der Waals surface area contributed by atoms with Crippen molar-refractivity contribution in [3.8, 4) is 0 Å². The molecule has 0 aliphatic carbocycles. The second-order valence-electron chi connectivity index (χ2n) is 5.39. The van der Waals surface area contributed by atoms with E-state index < -0.39 is 5.82 Å². The van der Waals surface area contributed by atoms with Gasteiger partial charge in [-0.3, -0.25) is 14.5 Å². The van der Waals surface area contributed by atoms with Gasteiger partial charge in [0.15, 0.2) is 11.6 Å². The van der Waals surface area contributed by atoms with Crippen LogP contribution in [0.3, 0.4) is 0 Å². The maximum Gasteiger partial charge on any atom is 0.290 e. The van der Waals surface area contributed by atoms with E-state index in [-0.39, 0.29) is 18.2 Å². The molecule has 134 valence electrons. The molecule has 9 nitrogen and oxygen atoms in total. The normalized spacial score (nSPS) is 14.5. The van der Waals surface area contributed by atoms with Gasteiger partial charge in [0.2, 0.25) is 11.9 Å². The number of hydrogen-bond acceptors (Lipinski definition) is 7. The number of carbonyl (C=O) groups excluding carboxylic acids is 1. The second kappa shape index (κ2) is 9.60. The maximum atomic E-state index is 13.6. The fourth-order valence-electron chi connectivity index (χ4n) is 2.25. The molecule has 1 amide bonds. The first kappa shape index (κ1) is 19.6. The van der Waals surface area contributed by atoms with Crippen molar-refractivity contribution in [3.63, 3.8) is 0 Å². The third-order valence-electron chi connectivity index (χ3n) is 3.47. The van der Waals surface area contributed by atoms with E-state index in [0.29, 0.717) is 18.9 Å². The summed E-state index contributed by atoms with van der Waals surface area (Å²) in [6.07, 6.45) is 1.58. The van der Waals surface area contributed by atoms with Crippen LogP contribution in [0, 0.1) is 5.82 Å². The largest absolute Gasteiger partial charge is 0.483 e. The zero-order valence-corrected chi connectivity index (χ0v) is 13.9. The highest BCUT2D eigenvalue weighted by atomic mass is 19.1. The lowest BCUT2D eigenvalue weighted by Gasteiger charge is -2.34. The van der Waals surface area contributed by atoms with E-state index in [1.807, 2.05) is 4.90 Å². The Morgan fingerprint density at radius 3 is 2.50 bits per heavy atom. The molecule has 0 saturated carbocycles. The number of hydrogen-bond donors (Lipinski definition) is 2. The van der Waals surface area contributed by atoms with Gasteiger partial charge < -0.3 is 20.6 Å². The highest BCUT2D eigenvalue weighted by Crippen LogP contribution is 2.18. The Morgan fingerprint density at radius 1 is 1.42 bits per heavy atom. The van der Waals surface area contributed by atoms with Crippen LogP contribution in [0.2, 0.25) is 0 Å². The van der Waals surface area contributed by atoms with Crippen LogP contribution >= 0.6 is 0 Å². The van der Waals surface area contributed by atoms with Crippen LogP contribution in [0.5, 0.6) is 0 Å². The highest BCUT2D eigenvalue weighted by molar-refractivity contribution is 5.73. The number of carboxylic acid groups (broad SMARTS) is 1. The maximum absolute atomic E-state index is 13.6. The van der Waals surface area contributed by atoms with E-state index in [1.54, 1.807) is 19.0 Å². The van der Waals surface area contributed by atoms with Crippen LogP contribution in [0.15, 0.2) is 6.20 Å². The van der Waals surface area contributed by atoms with Crippen LogP contribution in [-0.2, 0) is 9.59 Å². The molecular weight excluding hydrogens is 319 g/mol. The SMILES string of the molecule is CN(C)c1nc(N2CCN(CCC(N)=O)CC2)ncc1F.O=CO. The number of amides is 1. The van der Waals surface area contributed by atoms with Crippen molar-refractivity contribution < 1.29 is 19.1 Å². The van der Waals surface area contributed by atoms with Gasteiger partial charge in [0, 0.05) is 53.2 Å². The summed E-state index contributed by atoms with van der Waals surface area (Å²) in [5, 5.41) is 6.89. The molecule has 1 aliphatic heterocycles. The predicted molar refractivity (Wildman–Crippen MR) is 87.5 cm³/mol. The van der Waals surface area contributed by atoms with E-state index in [9.17, 15) is 9.18 Å². The summed E-state index contributed by atoms with van der Waals surface area (Å²) in [4.78, 5) is 33.3. The molecule has 0 aromatic carbocycles. The molecule has 2 rings (SSSR count). The smallest absolute Gasteiger partial charge is 0.290 e. The number of aromatic nitrogens is 2. The molecule has 1 aliphatic rings. The highest BCUT2D eigenvalue weighted by Gasteiger charge is 2.20. The summed E-state index contributed by atoms with van der Waals surface area (Å²) in [6.45, 7) is 3.54. The lowest BCUT2D eigenvalue weighted by Crippen LogP contribution is -2.47. The Balaban J connectivity index is 0.000000891. The van der Waals surface area contributed by atoms with Gasteiger partial charge in [0.1, 0.15) is 0 Å². The van der Waals surface area contributed by atoms with Crippen LogP contribution in [0.1, 0.15) is 6.42 Å². The third kappa shape index (κ3) is 5.95. The van der Waals surface area contributed by atoms with E-state index in [0.717, 1.165) is 26.2 Å². The van der Waals surface area contributed by atoms with E-state index in [4.69, 9.17) is 15.6 Å². The average molecular weight is 342 g/mol. The van der Waals surface area contributed by atoms with Crippen molar-refractivity contribution in [2.45, 2.75) is 6.42 Å². The Bertz CT molecular complexity index is 549. The first-order valence-electron chi connectivity index (χ1n) is 7.42. The van der Waals surface area contributed by atoms with E-state index >= 15 is 0 Å². The summed E-state index contributed by atoms with van der Waals surface area (Å²) in [6, 6.07) is 0. The van der Waals surface area contributed by atoms with Crippen LogP contribution in [-0.4, -0.2) is 79.2 Å². The minimum absolute atomic E-state index is 0.250. The van der Waals surface area contributed by atoms with E-state index in [2.05, 4.69) is 14.9 Å². The molecule has 3 N–H and O–H groups in total. The molecule has 0 unspecified atom stereocenters. The predicted octanol–water partition coefficient (Wildman–Crippen LogP) is -0.620. The first-order valence-corrected chi connectivity index (χ1v) is 7.42. The zero-order chi connectivity index (χ0) is 18.1. The lowest BCUT2D eigenvalue weighted by atomic mass is 10.3. The molecule has 0 bridgehead atoms. The topological polar surface area (TPSA) is 116 Å². The zero-order valence-electron chi connectivity index (χ0n) is 13.9. The molecule has 1 fully saturated rings. The van der Waals surface area contributed by atoms with Gasteiger partial charge in [-0.05, 0) is 0 Å². The molecule has 1 aromatic heterocycles. The van der Waals surface area contributed by atoms with Gasteiger partial charge in [-0.2, -0.15) is 4.98 Å². The third-order valence-corrected chi connectivity index (χ3v) is 3.47. The van der Waals surface area contributed by atoms with Crippen molar-refractivity contribution in [2.24, 2.45) is 5.73 Å². The Kier molecular flexibility index (Phi) is 7.83. The number of nitrogens with zero attached hydrogens (tertiary/aromatic N) is 5. The molecule has 24 heavy (non-hydrogen) atoms. The Hall–Kier alpha value is -2.49. The lowest BCUT2D eigenvalue weighted by molar-refractivity contribution is -0.123. The summed E-state index contributed by atoms with van der Waals surface area (Å²) in [5.74, 6) is 0.115. The molecule has 0 spiro atoms. The summed E-state index contributed by atoms with van der Waals surface area (Å²) in [5.41, 5.74) is 5.15. The minimum atomic E-state index is -0.427. The standard InChI is InChI=1S/C13H21FN6O.CH2O2/c1-18(2)12-10(14)9-16-13(17-12)20-7-5-19(6-8-20)4-3-11(15)21;2-1-3/h9H,3-8H2,1-2H3,(H2,15,21);1H,(H,2,3). The van der Waals surface area contributed by atoms with Gasteiger partial charge in [-0.15, -0.1) is 0 Å². The van der Waals surface area contributed by atoms with Gasteiger partial charge in [-0.1, -0.05) is 0 Å². The van der Waals surface area contributed by atoms with Crippen LogP contribution < -0.4 is 15.5 Å². The van der Waals surface area contributed by atoms with Gasteiger partial charge in [0.05, 0.1) is 6.20 Å². The summed E-state index contributed by atoms with van der Waals surface area (Å²) < 4.78 is 13.6. The van der Waals surface area contributed by atoms with Crippen molar-refractivity contribution in [3.05, 3.63) is 12.0 Å². The molecule has 0 atom stereocenters.